The van der Waals surface area contributed by atoms with E-state index in [4.69, 9.17) is 0 Å². The molecule has 1 aromatic rings. The highest BCUT2D eigenvalue weighted by atomic mass is 19.1. The van der Waals surface area contributed by atoms with E-state index in [2.05, 4.69) is 10.4 Å². The standard InChI is InChI=1S/C12H17FN4O/c1-9(11-5-7-16(2)15-11)14-12(18)17-6-3-4-10(13)8-17/h4-5,7,9H,3,6,8H2,1-2H3,(H,14,18). The molecule has 2 rings (SSSR count). The summed E-state index contributed by atoms with van der Waals surface area (Å²) < 4.78 is 14.8. The normalized spacial score (nSPS) is 17.3. The first-order chi connectivity index (χ1) is 8.56. The highest BCUT2D eigenvalue weighted by Gasteiger charge is 2.20. The van der Waals surface area contributed by atoms with Crippen LogP contribution in [-0.2, 0) is 7.05 Å². The maximum atomic E-state index is 13.1. The van der Waals surface area contributed by atoms with Gasteiger partial charge in [0, 0.05) is 19.8 Å². The fourth-order valence-corrected chi connectivity index (χ4v) is 1.89. The molecule has 0 aromatic carbocycles. The minimum absolute atomic E-state index is 0.0563. The van der Waals surface area contributed by atoms with Gasteiger partial charge in [0.05, 0.1) is 18.3 Å². The Hall–Kier alpha value is -1.85. The van der Waals surface area contributed by atoms with E-state index >= 15 is 0 Å². The number of hydrogen-bond donors (Lipinski definition) is 1. The molecule has 2 heterocycles. The van der Waals surface area contributed by atoms with Gasteiger partial charge >= 0.3 is 6.03 Å². The van der Waals surface area contributed by atoms with E-state index in [9.17, 15) is 9.18 Å². The number of nitrogens with one attached hydrogen (secondary N) is 1. The van der Waals surface area contributed by atoms with Gasteiger partial charge in [-0.1, -0.05) is 0 Å². The number of nitrogens with zero attached hydrogens (tertiary/aromatic N) is 3. The summed E-state index contributed by atoms with van der Waals surface area (Å²) >= 11 is 0. The fourth-order valence-electron chi connectivity index (χ4n) is 1.89. The molecule has 0 spiro atoms. The molecule has 6 heteroatoms. The highest BCUT2D eigenvalue weighted by molar-refractivity contribution is 5.75. The number of aryl methyl sites for hydroxylation is 1. The van der Waals surface area contributed by atoms with Gasteiger partial charge in [0.25, 0.3) is 0 Å². The number of carbonyl (C=O) groups excluding carboxylic acids is 1. The van der Waals surface area contributed by atoms with Crippen LogP contribution in [0.1, 0.15) is 25.1 Å². The van der Waals surface area contributed by atoms with Crippen molar-refractivity contribution in [3.8, 4) is 0 Å². The van der Waals surface area contributed by atoms with Crippen molar-refractivity contribution in [3.63, 3.8) is 0 Å². The first-order valence-electron chi connectivity index (χ1n) is 5.96. The lowest BCUT2D eigenvalue weighted by molar-refractivity contribution is 0.193. The predicted octanol–water partition coefficient (Wildman–Crippen LogP) is 1.75. The summed E-state index contributed by atoms with van der Waals surface area (Å²) in [7, 11) is 1.82. The van der Waals surface area contributed by atoms with Gasteiger partial charge < -0.3 is 10.2 Å². The largest absolute Gasteiger partial charge is 0.330 e. The van der Waals surface area contributed by atoms with Crippen molar-refractivity contribution in [1.29, 1.82) is 0 Å². The maximum absolute atomic E-state index is 13.1. The average molecular weight is 252 g/mol. The number of halogens is 1. The predicted molar refractivity (Wildman–Crippen MR) is 65.5 cm³/mol. The molecule has 0 bridgehead atoms. The molecule has 18 heavy (non-hydrogen) atoms. The van der Waals surface area contributed by atoms with Crippen LogP contribution >= 0.6 is 0 Å². The lowest BCUT2D eigenvalue weighted by atomic mass is 10.2. The summed E-state index contributed by atoms with van der Waals surface area (Å²) in [5, 5.41) is 7.04. The zero-order valence-corrected chi connectivity index (χ0v) is 10.6. The van der Waals surface area contributed by atoms with Crippen LogP contribution in [0.25, 0.3) is 0 Å². The van der Waals surface area contributed by atoms with Crippen LogP contribution in [0.3, 0.4) is 0 Å². The van der Waals surface area contributed by atoms with Crippen LogP contribution in [0.4, 0.5) is 9.18 Å². The Balaban J connectivity index is 1.93. The van der Waals surface area contributed by atoms with Crippen LogP contribution in [-0.4, -0.2) is 33.8 Å². The van der Waals surface area contributed by atoms with Gasteiger partial charge in [0.1, 0.15) is 5.83 Å². The minimum atomic E-state index is -0.253. The van der Waals surface area contributed by atoms with Crippen molar-refractivity contribution in [2.75, 3.05) is 13.1 Å². The lowest BCUT2D eigenvalue weighted by Crippen LogP contribution is -2.43. The Kier molecular flexibility index (Phi) is 3.64. The third-order valence-electron chi connectivity index (χ3n) is 2.91. The van der Waals surface area contributed by atoms with Crippen LogP contribution in [0.2, 0.25) is 0 Å². The molecular formula is C12H17FN4O. The smallest absolute Gasteiger partial charge is 0.318 e. The van der Waals surface area contributed by atoms with E-state index in [1.807, 2.05) is 26.2 Å². The molecule has 1 N–H and O–H groups in total. The fraction of sp³-hybridized carbons (Fsp3) is 0.500. The molecule has 1 aliphatic rings. The number of carbonyl (C=O) groups is 1. The first kappa shape index (κ1) is 12.6. The number of hydrogen-bond acceptors (Lipinski definition) is 2. The van der Waals surface area contributed by atoms with E-state index in [1.54, 1.807) is 4.68 Å². The molecule has 98 valence electrons. The summed E-state index contributed by atoms with van der Waals surface area (Å²) in [6.45, 7) is 2.46. The second-order valence-corrected chi connectivity index (χ2v) is 4.45. The van der Waals surface area contributed by atoms with Gasteiger partial charge in [-0.3, -0.25) is 4.68 Å². The summed E-state index contributed by atoms with van der Waals surface area (Å²) in [6.07, 6.45) is 3.91. The molecule has 1 aromatic heterocycles. The van der Waals surface area contributed by atoms with Crippen LogP contribution in [0.5, 0.6) is 0 Å². The van der Waals surface area contributed by atoms with Crippen LogP contribution in [0, 0.1) is 0 Å². The quantitative estimate of drug-likeness (QED) is 0.871. The summed E-state index contributed by atoms with van der Waals surface area (Å²) in [5.41, 5.74) is 0.791. The van der Waals surface area contributed by atoms with Crippen molar-refractivity contribution in [2.24, 2.45) is 7.05 Å². The van der Waals surface area contributed by atoms with E-state index in [0.29, 0.717) is 13.0 Å². The van der Waals surface area contributed by atoms with Crippen LogP contribution < -0.4 is 5.32 Å². The molecular weight excluding hydrogens is 235 g/mol. The maximum Gasteiger partial charge on any atom is 0.318 e. The second kappa shape index (κ2) is 5.20. The molecule has 0 fully saturated rings. The topological polar surface area (TPSA) is 50.2 Å². The SMILES string of the molecule is CC(NC(=O)N1CCC=C(F)C1)c1ccn(C)n1. The molecule has 0 radical (unpaired) electrons. The zero-order chi connectivity index (χ0) is 13.1. The number of urea groups is 1. The Labute approximate surface area is 105 Å². The van der Waals surface area contributed by atoms with Crippen LogP contribution in [0.15, 0.2) is 24.2 Å². The van der Waals surface area contributed by atoms with Gasteiger partial charge in [0.2, 0.25) is 0 Å². The molecule has 1 atom stereocenters. The minimum Gasteiger partial charge on any atom is -0.330 e. The Bertz CT molecular complexity index is 468. The number of aromatic nitrogens is 2. The Morgan fingerprint density at radius 1 is 1.61 bits per heavy atom. The van der Waals surface area contributed by atoms with E-state index < -0.39 is 0 Å². The van der Waals surface area contributed by atoms with Crippen molar-refractivity contribution in [1.82, 2.24) is 20.0 Å². The van der Waals surface area contributed by atoms with Crippen molar-refractivity contribution in [2.45, 2.75) is 19.4 Å². The number of amides is 2. The zero-order valence-electron chi connectivity index (χ0n) is 10.6. The molecule has 1 aliphatic heterocycles. The van der Waals surface area contributed by atoms with Gasteiger partial charge in [0.15, 0.2) is 0 Å². The average Bonchev–Trinajstić information content (AvgIpc) is 2.76. The molecule has 2 amide bonds. The monoisotopic (exact) mass is 252 g/mol. The molecule has 0 saturated heterocycles. The Morgan fingerprint density at radius 2 is 2.39 bits per heavy atom. The second-order valence-electron chi connectivity index (χ2n) is 4.45. The van der Waals surface area contributed by atoms with E-state index in [0.717, 1.165) is 5.69 Å². The van der Waals surface area contributed by atoms with Gasteiger partial charge in [-0.2, -0.15) is 5.10 Å². The third-order valence-corrected chi connectivity index (χ3v) is 2.91. The van der Waals surface area contributed by atoms with Crippen molar-refractivity contribution < 1.29 is 9.18 Å². The molecule has 0 aliphatic carbocycles. The van der Waals surface area contributed by atoms with Gasteiger partial charge in [-0.15, -0.1) is 0 Å². The van der Waals surface area contributed by atoms with Gasteiger partial charge in [-0.05, 0) is 25.5 Å². The first-order valence-corrected chi connectivity index (χ1v) is 5.96. The van der Waals surface area contributed by atoms with Crippen molar-refractivity contribution >= 4 is 6.03 Å². The molecule has 5 nitrogen and oxygen atoms in total. The summed E-state index contributed by atoms with van der Waals surface area (Å²) in [5.74, 6) is -0.248. The Morgan fingerprint density at radius 3 is 3.00 bits per heavy atom. The van der Waals surface area contributed by atoms with E-state index in [-0.39, 0.29) is 24.4 Å². The molecule has 1 unspecified atom stereocenters. The van der Waals surface area contributed by atoms with E-state index in [1.165, 1.54) is 11.0 Å². The molecule has 0 saturated carbocycles. The lowest BCUT2D eigenvalue weighted by Gasteiger charge is -2.26. The van der Waals surface area contributed by atoms with Crippen molar-refractivity contribution in [3.05, 3.63) is 29.9 Å². The highest BCUT2D eigenvalue weighted by Crippen LogP contribution is 2.13. The summed E-state index contributed by atoms with van der Waals surface area (Å²) in [6, 6.07) is 1.41. The van der Waals surface area contributed by atoms with Gasteiger partial charge in [-0.25, -0.2) is 9.18 Å². The third kappa shape index (κ3) is 2.88. The summed E-state index contributed by atoms with van der Waals surface area (Å²) in [4.78, 5) is 13.4. The number of rotatable bonds is 2.